The molecule has 2 rings (SSSR count). The van der Waals surface area contributed by atoms with E-state index in [-0.39, 0.29) is 5.91 Å². The Bertz CT molecular complexity index is 232. The van der Waals surface area contributed by atoms with E-state index in [0.29, 0.717) is 6.04 Å². The van der Waals surface area contributed by atoms with Gasteiger partial charge in [-0.2, -0.15) is 0 Å². The van der Waals surface area contributed by atoms with E-state index >= 15 is 0 Å². The summed E-state index contributed by atoms with van der Waals surface area (Å²) in [5, 5.41) is 6.38. The lowest BCUT2D eigenvalue weighted by Gasteiger charge is -2.31. The fourth-order valence-corrected chi connectivity index (χ4v) is 2.72. The molecule has 1 amide bonds. The Morgan fingerprint density at radius 2 is 2.13 bits per heavy atom. The topological polar surface area (TPSA) is 44.4 Å². The highest BCUT2D eigenvalue weighted by Crippen LogP contribution is 2.26. The van der Waals surface area contributed by atoms with Gasteiger partial charge in [0.1, 0.15) is 0 Å². The fourth-order valence-electron chi connectivity index (χ4n) is 2.72. The van der Waals surface area contributed by atoms with Crippen molar-refractivity contribution >= 4 is 5.91 Å². The Kier molecular flexibility index (Phi) is 3.59. The van der Waals surface area contributed by atoms with Crippen LogP contribution in [0.5, 0.6) is 0 Å². The zero-order chi connectivity index (χ0) is 10.7. The van der Waals surface area contributed by atoms with Gasteiger partial charge in [0.2, 0.25) is 5.91 Å². The Balaban J connectivity index is 1.64. The summed E-state index contributed by atoms with van der Waals surface area (Å²) in [6, 6.07) is 0.678. The molecule has 2 saturated heterocycles. The zero-order valence-electron chi connectivity index (χ0n) is 9.46. The molecule has 3 atom stereocenters. The highest BCUT2D eigenvalue weighted by Gasteiger charge is 2.33. The lowest BCUT2D eigenvalue weighted by molar-refractivity contribution is -0.118. The Labute approximate surface area is 91.4 Å². The number of nitrogens with zero attached hydrogens (tertiary/aromatic N) is 1. The van der Waals surface area contributed by atoms with Crippen LogP contribution in [0.2, 0.25) is 0 Å². The second-order valence-corrected chi connectivity index (χ2v) is 4.68. The van der Waals surface area contributed by atoms with Gasteiger partial charge in [-0.15, -0.1) is 0 Å². The second kappa shape index (κ2) is 4.94. The molecule has 0 aliphatic carbocycles. The van der Waals surface area contributed by atoms with E-state index in [4.69, 9.17) is 0 Å². The predicted octanol–water partition coefficient (Wildman–Crippen LogP) is -0.194. The molecular weight excluding hydrogens is 190 g/mol. The van der Waals surface area contributed by atoms with Crippen molar-refractivity contribution in [2.75, 3.05) is 32.7 Å². The molecule has 0 aromatic heterocycles. The van der Waals surface area contributed by atoms with Gasteiger partial charge in [-0.25, -0.2) is 0 Å². The number of amides is 1. The van der Waals surface area contributed by atoms with Gasteiger partial charge in [-0.05, 0) is 31.8 Å². The summed E-state index contributed by atoms with van der Waals surface area (Å²) in [4.78, 5) is 13.2. The van der Waals surface area contributed by atoms with Crippen LogP contribution in [0.3, 0.4) is 0 Å². The van der Waals surface area contributed by atoms with Crippen LogP contribution in [-0.2, 0) is 4.79 Å². The van der Waals surface area contributed by atoms with Gasteiger partial charge in [0.25, 0.3) is 0 Å². The zero-order valence-corrected chi connectivity index (χ0v) is 9.46. The number of fused-ring (bicyclic) bond motifs is 2. The van der Waals surface area contributed by atoms with Crippen molar-refractivity contribution in [1.82, 2.24) is 15.5 Å². The summed E-state index contributed by atoms with van der Waals surface area (Å²) < 4.78 is 0. The molecular formula is C11H21N3O. The average Bonchev–Trinajstić information content (AvgIpc) is 2.58. The molecule has 4 nitrogen and oxygen atoms in total. The van der Waals surface area contributed by atoms with Crippen LogP contribution >= 0.6 is 0 Å². The van der Waals surface area contributed by atoms with Crippen LogP contribution in [0.15, 0.2) is 0 Å². The molecule has 0 spiro atoms. The Hall–Kier alpha value is -0.610. The number of carbonyl (C=O) groups excluding carboxylic acids is 1. The minimum absolute atomic E-state index is 0.0625. The van der Waals surface area contributed by atoms with Gasteiger partial charge >= 0.3 is 0 Å². The van der Waals surface area contributed by atoms with Crippen LogP contribution in [0.25, 0.3) is 0 Å². The molecule has 2 fully saturated rings. The Morgan fingerprint density at radius 1 is 1.33 bits per heavy atom. The molecule has 0 aromatic carbocycles. The van der Waals surface area contributed by atoms with Crippen molar-refractivity contribution in [3.63, 3.8) is 0 Å². The average molecular weight is 211 g/mol. The standard InChI is InChI=1S/C11H21N3O/c1-9(15)12-4-5-13-11-3-7-14-6-2-10(11)8-14/h10-11,13H,2-8H2,1H3,(H,12,15). The highest BCUT2D eigenvalue weighted by molar-refractivity contribution is 5.72. The van der Waals surface area contributed by atoms with Crippen molar-refractivity contribution in [3.8, 4) is 0 Å². The first-order valence-corrected chi connectivity index (χ1v) is 5.96. The van der Waals surface area contributed by atoms with Gasteiger partial charge in [0.15, 0.2) is 0 Å². The normalized spacial score (nSPS) is 34.1. The third-order valence-corrected chi connectivity index (χ3v) is 3.54. The third kappa shape index (κ3) is 2.92. The van der Waals surface area contributed by atoms with E-state index in [1.165, 1.54) is 32.5 Å². The quantitative estimate of drug-likeness (QED) is 0.633. The number of nitrogens with one attached hydrogen (secondary N) is 2. The fraction of sp³-hybridized carbons (Fsp3) is 0.909. The van der Waals surface area contributed by atoms with E-state index in [2.05, 4.69) is 15.5 Å². The SMILES string of the molecule is CC(=O)NCCNC1CCN2CCC1C2. The lowest BCUT2D eigenvalue weighted by atomic mass is 9.94. The van der Waals surface area contributed by atoms with Crippen molar-refractivity contribution < 1.29 is 4.79 Å². The summed E-state index contributed by atoms with van der Waals surface area (Å²) in [5.41, 5.74) is 0. The monoisotopic (exact) mass is 211 g/mol. The number of carbonyl (C=O) groups is 1. The lowest BCUT2D eigenvalue weighted by Crippen LogP contribution is -2.45. The molecule has 15 heavy (non-hydrogen) atoms. The molecule has 0 radical (unpaired) electrons. The summed E-state index contributed by atoms with van der Waals surface area (Å²) in [6.07, 6.45) is 2.61. The van der Waals surface area contributed by atoms with Crippen LogP contribution in [0.4, 0.5) is 0 Å². The maximum Gasteiger partial charge on any atom is 0.216 e. The summed E-state index contributed by atoms with van der Waals surface area (Å²) in [7, 11) is 0. The van der Waals surface area contributed by atoms with Gasteiger partial charge in [-0.1, -0.05) is 0 Å². The van der Waals surface area contributed by atoms with E-state index in [1.54, 1.807) is 6.92 Å². The third-order valence-electron chi connectivity index (χ3n) is 3.54. The highest BCUT2D eigenvalue weighted by atomic mass is 16.1. The van der Waals surface area contributed by atoms with Crippen molar-refractivity contribution in [2.24, 2.45) is 5.92 Å². The van der Waals surface area contributed by atoms with E-state index in [0.717, 1.165) is 19.0 Å². The largest absolute Gasteiger partial charge is 0.355 e. The number of piperidine rings is 1. The van der Waals surface area contributed by atoms with Crippen LogP contribution in [0.1, 0.15) is 19.8 Å². The first-order valence-electron chi connectivity index (χ1n) is 5.96. The van der Waals surface area contributed by atoms with Gasteiger partial charge in [0.05, 0.1) is 0 Å². The minimum Gasteiger partial charge on any atom is -0.355 e. The molecule has 2 aliphatic heterocycles. The molecule has 0 saturated carbocycles. The number of rotatable bonds is 4. The molecule has 2 bridgehead atoms. The van der Waals surface area contributed by atoms with E-state index < -0.39 is 0 Å². The molecule has 4 heteroatoms. The Morgan fingerprint density at radius 3 is 2.93 bits per heavy atom. The molecule has 2 heterocycles. The van der Waals surface area contributed by atoms with E-state index in [1.807, 2.05) is 0 Å². The molecule has 0 aromatic rings. The van der Waals surface area contributed by atoms with E-state index in [9.17, 15) is 4.79 Å². The molecule has 2 N–H and O–H groups in total. The first kappa shape index (κ1) is 10.9. The maximum absolute atomic E-state index is 10.7. The predicted molar refractivity (Wildman–Crippen MR) is 59.6 cm³/mol. The second-order valence-electron chi connectivity index (χ2n) is 4.68. The van der Waals surface area contributed by atoms with Crippen LogP contribution < -0.4 is 10.6 Å². The summed E-state index contributed by atoms with van der Waals surface area (Å²) >= 11 is 0. The van der Waals surface area contributed by atoms with Gasteiger partial charge in [0, 0.05) is 32.6 Å². The van der Waals surface area contributed by atoms with Gasteiger partial charge < -0.3 is 15.5 Å². The maximum atomic E-state index is 10.7. The summed E-state index contributed by atoms with van der Waals surface area (Å²) in [6.45, 7) is 7.03. The molecule has 3 unspecified atom stereocenters. The van der Waals surface area contributed by atoms with Crippen LogP contribution in [0, 0.1) is 5.92 Å². The number of hydrogen-bond donors (Lipinski definition) is 2. The molecule has 86 valence electrons. The van der Waals surface area contributed by atoms with Crippen molar-refractivity contribution in [1.29, 1.82) is 0 Å². The smallest absolute Gasteiger partial charge is 0.216 e. The first-order chi connectivity index (χ1) is 7.25. The van der Waals surface area contributed by atoms with Crippen LogP contribution in [-0.4, -0.2) is 49.6 Å². The summed E-state index contributed by atoms with van der Waals surface area (Å²) in [5.74, 6) is 0.906. The minimum atomic E-state index is 0.0625. The number of hydrogen-bond acceptors (Lipinski definition) is 3. The van der Waals surface area contributed by atoms with Gasteiger partial charge in [-0.3, -0.25) is 4.79 Å². The molecule has 2 aliphatic rings. The van der Waals surface area contributed by atoms with Crippen molar-refractivity contribution in [3.05, 3.63) is 0 Å². The van der Waals surface area contributed by atoms with Crippen molar-refractivity contribution in [2.45, 2.75) is 25.8 Å².